The standard InChI is InChI=1S/C15H19N3O3/c1-18(8-10(19)9-21-2)15(20)12-7-14(16)17-13-6-4-3-5-11(12)13/h3-7,10,19H,8-9H2,1-2H3,(H2,16,17). The lowest BCUT2D eigenvalue weighted by atomic mass is 10.1. The zero-order valence-electron chi connectivity index (χ0n) is 12.1. The number of hydrogen-bond donors (Lipinski definition) is 2. The van der Waals surface area contributed by atoms with Crippen LogP contribution in [0.25, 0.3) is 10.9 Å². The summed E-state index contributed by atoms with van der Waals surface area (Å²) in [5.74, 6) is 0.0818. The molecule has 6 heteroatoms. The molecule has 2 rings (SSSR count). The maximum absolute atomic E-state index is 12.5. The van der Waals surface area contributed by atoms with E-state index in [0.29, 0.717) is 16.9 Å². The lowest BCUT2D eigenvalue weighted by molar-refractivity contribution is 0.0381. The predicted molar refractivity (Wildman–Crippen MR) is 81.0 cm³/mol. The number of nitrogens with zero attached hydrogens (tertiary/aromatic N) is 2. The second-order valence-corrected chi connectivity index (χ2v) is 4.91. The number of pyridine rings is 1. The molecule has 3 N–H and O–H groups in total. The van der Waals surface area contributed by atoms with Crippen molar-refractivity contribution in [2.24, 2.45) is 0 Å². The van der Waals surface area contributed by atoms with Gasteiger partial charge in [-0.2, -0.15) is 0 Å². The monoisotopic (exact) mass is 289 g/mol. The van der Waals surface area contributed by atoms with Crippen LogP contribution < -0.4 is 5.73 Å². The fourth-order valence-corrected chi connectivity index (χ4v) is 2.22. The lowest BCUT2D eigenvalue weighted by Gasteiger charge is -2.21. The number of carbonyl (C=O) groups excluding carboxylic acids is 1. The maximum atomic E-state index is 12.5. The number of ether oxygens (including phenoxy) is 1. The fraction of sp³-hybridized carbons (Fsp3) is 0.333. The van der Waals surface area contributed by atoms with Gasteiger partial charge in [0.25, 0.3) is 5.91 Å². The first kappa shape index (κ1) is 15.2. The number of methoxy groups -OCH3 is 1. The molecule has 0 bridgehead atoms. The van der Waals surface area contributed by atoms with Crippen molar-refractivity contribution in [2.45, 2.75) is 6.10 Å². The molecule has 0 aliphatic heterocycles. The molecule has 0 saturated heterocycles. The summed E-state index contributed by atoms with van der Waals surface area (Å²) < 4.78 is 4.86. The van der Waals surface area contributed by atoms with Gasteiger partial charge in [0.2, 0.25) is 0 Å². The van der Waals surface area contributed by atoms with Gasteiger partial charge in [0.15, 0.2) is 0 Å². The molecule has 1 aromatic carbocycles. The number of amides is 1. The van der Waals surface area contributed by atoms with Crippen molar-refractivity contribution in [1.29, 1.82) is 0 Å². The molecule has 2 aromatic rings. The summed E-state index contributed by atoms with van der Waals surface area (Å²) >= 11 is 0. The molecular weight excluding hydrogens is 270 g/mol. The van der Waals surface area contributed by atoms with Crippen LogP contribution in [0, 0.1) is 0 Å². The number of nitrogens with two attached hydrogens (primary N) is 1. The SMILES string of the molecule is COCC(O)CN(C)C(=O)c1cc(N)nc2ccccc12. The van der Waals surface area contributed by atoms with Gasteiger partial charge in [0.05, 0.1) is 23.8 Å². The zero-order chi connectivity index (χ0) is 15.4. The van der Waals surface area contributed by atoms with Crippen molar-refractivity contribution >= 4 is 22.6 Å². The third-order valence-corrected chi connectivity index (χ3v) is 3.16. The van der Waals surface area contributed by atoms with E-state index in [1.165, 1.54) is 12.0 Å². The molecule has 0 fully saturated rings. The van der Waals surface area contributed by atoms with E-state index >= 15 is 0 Å². The van der Waals surface area contributed by atoms with Gasteiger partial charge >= 0.3 is 0 Å². The molecule has 112 valence electrons. The Balaban J connectivity index is 2.30. The maximum Gasteiger partial charge on any atom is 0.254 e. The highest BCUT2D eigenvalue weighted by molar-refractivity contribution is 6.06. The van der Waals surface area contributed by atoms with E-state index in [2.05, 4.69) is 4.98 Å². The lowest BCUT2D eigenvalue weighted by Crippen LogP contribution is -2.36. The third-order valence-electron chi connectivity index (χ3n) is 3.16. The molecule has 1 unspecified atom stereocenters. The minimum Gasteiger partial charge on any atom is -0.389 e. The Morgan fingerprint density at radius 1 is 1.48 bits per heavy atom. The smallest absolute Gasteiger partial charge is 0.254 e. The number of para-hydroxylation sites is 1. The number of carbonyl (C=O) groups is 1. The number of aliphatic hydroxyl groups excluding tert-OH is 1. The summed E-state index contributed by atoms with van der Waals surface area (Å²) in [6.07, 6.45) is -0.727. The Morgan fingerprint density at radius 3 is 2.90 bits per heavy atom. The Bertz CT molecular complexity index is 645. The second-order valence-electron chi connectivity index (χ2n) is 4.91. The Hall–Kier alpha value is -2.18. The van der Waals surface area contributed by atoms with Gasteiger partial charge in [0, 0.05) is 26.1 Å². The first-order chi connectivity index (χ1) is 10.0. The minimum absolute atomic E-state index is 0.177. The topological polar surface area (TPSA) is 88.7 Å². The Kier molecular flexibility index (Phi) is 4.72. The molecule has 0 aliphatic carbocycles. The van der Waals surface area contributed by atoms with Gasteiger partial charge < -0.3 is 20.5 Å². The van der Waals surface area contributed by atoms with E-state index in [0.717, 1.165) is 5.39 Å². The van der Waals surface area contributed by atoms with Gasteiger partial charge in [0.1, 0.15) is 5.82 Å². The molecule has 6 nitrogen and oxygen atoms in total. The zero-order valence-corrected chi connectivity index (χ0v) is 12.1. The van der Waals surface area contributed by atoms with E-state index in [4.69, 9.17) is 10.5 Å². The van der Waals surface area contributed by atoms with Crippen molar-refractivity contribution in [1.82, 2.24) is 9.88 Å². The van der Waals surface area contributed by atoms with Gasteiger partial charge in [-0.25, -0.2) is 4.98 Å². The number of aromatic nitrogens is 1. The first-order valence-corrected chi connectivity index (χ1v) is 6.60. The van der Waals surface area contributed by atoms with Crippen LogP contribution in [0.4, 0.5) is 5.82 Å². The number of benzene rings is 1. The van der Waals surface area contributed by atoms with Crippen LogP contribution in [0.5, 0.6) is 0 Å². The summed E-state index contributed by atoms with van der Waals surface area (Å²) in [6.45, 7) is 0.361. The van der Waals surface area contributed by atoms with Crippen LogP contribution in [0.3, 0.4) is 0 Å². The highest BCUT2D eigenvalue weighted by atomic mass is 16.5. The molecule has 21 heavy (non-hydrogen) atoms. The molecule has 0 aliphatic rings. The van der Waals surface area contributed by atoms with Crippen LogP contribution in [0.15, 0.2) is 30.3 Å². The largest absolute Gasteiger partial charge is 0.389 e. The Morgan fingerprint density at radius 2 is 2.19 bits per heavy atom. The molecule has 0 spiro atoms. The average Bonchev–Trinajstić information content (AvgIpc) is 2.45. The number of aliphatic hydroxyl groups is 1. The molecule has 1 amide bonds. The number of rotatable bonds is 5. The summed E-state index contributed by atoms with van der Waals surface area (Å²) in [5, 5.41) is 10.5. The van der Waals surface area contributed by atoms with Crippen molar-refractivity contribution in [2.75, 3.05) is 33.0 Å². The van der Waals surface area contributed by atoms with Crippen molar-refractivity contribution < 1.29 is 14.6 Å². The summed E-state index contributed by atoms with van der Waals surface area (Å²) in [6, 6.07) is 8.88. The number of nitrogen functional groups attached to an aromatic ring is 1. The predicted octanol–water partition coefficient (Wildman–Crippen LogP) is 0.896. The van der Waals surface area contributed by atoms with Crippen LogP contribution >= 0.6 is 0 Å². The fourth-order valence-electron chi connectivity index (χ4n) is 2.22. The average molecular weight is 289 g/mol. The van der Waals surface area contributed by atoms with E-state index in [-0.39, 0.29) is 19.1 Å². The highest BCUT2D eigenvalue weighted by Crippen LogP contribution is 2.20. The summed E-state index contributed by atoms with van der Waals surface area (Å²) in [7, 11) is 3.13. The van der Waals surface area contributed by atoms with Gasteiger partial charge in [-0.1, -0.05) is 18.2 Å². The highest BCUT2D eigenvalue weighted by Gasteiger charge is 2.18. The van der Waals surface area contributed by atoms with Crippen molar-refractivity contribution in [3.05, 3.63) is 35.9 Å². The van der Waals surface area contributed by atoms with Crippen molar-refractivity contribution in [3.8, 4) is 0 Å². The van der Waals surface area contributed by atoms with E-state index in [1.54, 1.807) is 13.1 Å². The molecule has 1 atom stereocenters. The van der Waals surface area contributed by atoms with E-state index in [9.17, 15) is 9.90 Å². The number of likely N-dealkylation sites (N-methyl/N-ethyl adjacent to an activating group) is 1. The minimum atomic E-state index is -0.727. The second kappa shape index (κ2) is 6.51. The number of anilines is 1. The van der Waals surface area contributed by atoms with Gasteiger partial charge in [-0.3, -0.25) is 4.79 Å². The summed E-state index contributed by atoms with van der Waals surface area (Å²) in [4.78, 5) is 18.2. The van der Waals surface area contributed by atoms with Crippen LogP contribution in [0.2, 0.25) is 0 Å². The Labute approximate surface area is 123 Å². The first-order valence-electron chi connectivity index (χ1n) is 6.60. The molecule has 0 radical (unpaired) electrons. The quantitative estimate of drug-likeness (QED) is 0.853. The number of fused-ring (bicyclic) bond motifs is 1. The molecule has 0 saturated carbocycles. The summed E-state index contributed by atoms with van der Waals surface area (Å²) in [5.41, 5.74) is 6.91. The van der Waals surface area contributed by atoms with Crippen molar-refractivity contribution in [3.63, 3.8) is 0 Å². The number of hydrogen-bond acceptors (Lipinski definition) is 5. The molecule has 1 aromatic heterocycles. The molecule has 1 heterocycles. The van der Waals surface area contributed by atoms with Crippen LogP contribution in [-0.4, -0.2) is 54.3 Å². The van der Waals surface area contributed by atoms with Crippen LogP contribution in [0.1, 0.15) is 10.4 Å². The van der Waals surface area contributed by atoms with Crippen LogP contribution in [-0.2, 0) is 4.74 Å². The molecular formula is C15H19N3O3. The van der Waals surface area contributed by atoms with Gasteiger partial charge in [-0.05, 0) is 12.1 Å². The van der Waals surface area contributed by atoms with Gasteiger partial charge in [-0.15, -0.1) is 0 Å². The normalized spacial score (nSPS) is 12.3. The van der Waals surface area contributed by atoms with E-state index < -0.39 is 6.10 Å². The van der Waals surface area contributed by atoms with E-state index in [1.807, 2.05) is 24.3 Å². The third kappa shape index (κ3) is 3.48.